The summed E-state index contributed by atoms with van der Waals surface area (Å²) >= 11 is 0. The molecule has 1 amide bonds. The summed E-state index contributed by atoms with van der Waals surface area (Å²) in [6.07, 6.45) is 0.674. The Kier molecular flexibility index (Phi) is 7.05. The number of hydrogen-bond acceptors (Lipinski definition) is 6. The number of aliphatic hydroxyl groups excluding tert-OH is 1. The second kappa shape index (κ2) is 10.1. The topological polar surface area (TPSA) is 79.3 Å². The van der Waals surface area contributed by atoms with Crippen LogP contribution in [0.15, 0.2) is 54.1 Å². The molecule has 8 heteroatoms. The van der Waals surface area contributed by atoms with E-state index in [0.717, 1.165) is 25.7 Å². The Bertz CT molecular complexity index is 1050. The van der Waals surface area contributed by atoms with Gasteiger partial charge in [0.15, 0.2) is 11.6 Å². The molecule has 2 aliphatic heterocycles. The molecule has 33 heavy (non-hydrogen) atoms. The van der Waals surface area contributed by atoms with E-state index < -0.39 is 29.3 Å². The largest absolute Gasteiger partial charge is 0.507 e. The highest BCUT2D eigenvalue weighted by Gasteiger charge is 2.45. The minimum atomic E-state index is -0.774. The van der Waals surface area contributed by atoms with Gasteiger partial charge in [-0.15, -0.1) is 0 Å². The van der Waals surface area contributed by atoms with Gasteiger partial charge >= 0.3 is 0 Å². The lowest BCUT2D eigenvalue weighted by atomic mass is 9.95. The average molecular weight is 454 g/mol. The van der Waals surface area contributed by atoms with Crippen LogP contribution in [0, 0.1) is 5.82 Å². The van der Waals surface area contributed by atoms with Gasteiger partial charge in [-0.05, 0) is 30.2 Å². The van der Waals surface area contributed by atoms with Gasteiger partial charge in [0.1, 0.15) is 5.76 Å². The number of carbonyl (C=O) groups excluding carboxylic acids is 2. The zero-order chi connectivity index (χ0) is 23.4. The molecule has 1 unspecified atom stereocenters. The highest BCUT2D eigenvalue weighted by atomic mass is 19.1. The smallest absolute Gasteiger partial charge is 0.295 e. The molecule has 0 aliphatic carbocycles. The highest BCUT2D eigenvalue weighted by Crippen LogP contribution is 2.39. The number of morpholine rings is 1. The van der Waals surface area contributed by atoms with Gasteiger partial charge in [0.25, 0.3) is 11.7 Å². The van der Waals surface area contributed by atoms with Crippen LogP contribution >= 0.6 is 0 Å². The lowest BCUT2D eigenvalue weighted by Crippen LogP contribution is -2.38. The van der Waals surface area contributed by atoms with E-state index in [4.69, 9.17) is 9.47 Å². The van der Waals surface area contributed by atoms with Crippen LogP contribution < -0.4 is 4.74 Å². The Labute approximate surface area is 192 Å². The summed E-state index contributed by atoms with van der Waals surface area (Å²) in [4.78, 5) is 29.8. The number of Topliss-reactive ketones (excluding diaryl/α,β-unsaturated/α-hetero) is 1. The molecule has 1 N–H and O–H groups in total. The van der Waals surface area contributed by atoms with E-state index in [9.17, 15) is 19.1 Å². The monoisotopic (exact) mass is 454 g/mol. The van der Waals surface area contributed by atoms with E-state index in [0.29, 0.717) is 31.7 Å². The fourth-order valence-electron chi connectivity index (χ4n) is 4.35. The number of ketones is 1. The summed E-state index contributed by atoms with van der Waals surface area (Å²) in [5, 5.41) is 11.0. The molecule has 0 radical (unpaired) electrons. The highest BCUT2D eigenvalue weighted by molar-refractivity contribution is 6.46. The van der Waals surface area contributed by atoms with Crippen molar-refractivity contribution in [3.8, 4) is 5.75 Å². The van der Waals surface area contributed by atoms with Gasteiger partial charge in [0.05, 0.1) is 31.9 Å². The minimum absolute atomic E-state index is 0.0229. The molecule has 174 valence electrons. The van der Waals surface area contributed by atoms with Crippen LogP contribution in [0.2, 0.25) is 0 Å². The van der Waals surface area contributed by atoms with Crippen LogP contribution in [0.5, 0.6) is 5.75 Å². The van der Waals surface area contributed by atoms with Crippen LogP contribution in [0.4, 0.5) is 4.39 Å². The standard InChI is InChI=1S/C25H27FN2O5/c1-32-20-9-8-18(16-19(20)26)23(29)21-22(17-6-3-2-4-7-17)28(25(31)24(21)30)11-5-10-27-12-14-33-15-13-27/h2-4,6-9,16,22,29H,5,10-15H2,1H3/b23-21+. The van der Waals surface area contributed by atoms with Gasteiger partial charge in [-0.25, -0.2) is 4.39 Å². The summed E-state index contributed by atoms with van der Waals surface area (Å²) < 4.78 is 24.6. The van der Waals surface area contributed by atoms with Crippen molar-refractivity contribution in [1.82, 2.24) is 9.80 Å². The number of ether oxygens (including phenoxy) is 2. The SMILES string of the molecule is COc1ccc(/C(O)=C2\C(=O)C(=O)N(CCCN3CCOCC3)C2c2ccccc2)cc1F. The van der Waals surface area contributed by atoms with Crippen molar-refractivity contribution in [2.75, 3.05) is 46.5 Å². The fraction of sp³-hybridized carbons (Fsp3) is 0.360. The molecule has 2 heterocycles. The van der Waals surface area contributed by atoms with E-state index in [1.807, 2.05) is 30.3 Å². The summed E-state index contributed by atoms with van der Waals surface area (Å²) in [7, 11) is 1.34. The first-order valence-corrected chi connectivity index (χ1v) is 11.0. The van der Waals surface area contributed by atoms with Crippen molar-refractivity contribution in [1.29, 1.82) is 0 Å². The molecule has 7 nitrogen and oxygen atoms in total. The van der Waals surface area contributed by atoms with Gasteiger partial charge in [-0.3, -0.25) is 14.5 Å². The molecule has 2 aliphatic rings. The number of carbonyl (C=O) groups is 2. The quantitative estimate of drug-likeness (QED) is 0.394. The predicted molar refractivity (Wildman–Crippen MR) is 120 cm³/mol. The van der Waals surface area contributed by atoms with Crippen LogP contribution in [-0.4, -0.2) is 73.1 Å². The van der Waals surface area contributed by atoms with Crippen molar-refractivity contribution in [2.24, 2.45) is 0 Å². The Morgan fingerprint density at radius 1 is 1.12 bits per heavy atom. The number of benzene rings is 2. The minimum Gasteiger partial charge on any atom is -0.507 e. The van der Waals surface area contributed by atoms with Gasteiger partial charge in [-0.1, -0.05) is 30.3 Å². The average Bonchev–Trinajstić information content (AvgIpc) is 3.10. The number of likely N-dealkylation sites (tertiary alicyclic amines) is 1. The Balaban J connectivity index is 1.66. The fourth-order valence-corrected chi connectivity index (χ4v) is 4.35. The van der Waals surface area contributed by atoms with Gasteiger partial charge < -0.3 is 19.5 Å². The first-order valence-electron chi connectivity index (χ1n) is 11.0. The predicted octanol–water partition coefficient (Wildman–Crippen LogP) is 2.98. The summed E-state index contributed by atoms with van der Waals surface area (Å²) in [6.45, 7) is 4.18. The van der Waals surface area contributed by atoms with E-state index in [1.54, 1.807) is 0 Å². The van der Waals surface area contributed by atoms with E-state index in [-0.39, 0.29) is 16.9 Å². The second-order valence-corrected chi connectivity index (χ2v) is 8.06. The van der Waals surface area contributed by atoms with Crippen molar-refractivity contribution in [3.63, 3.8) is 0 Å². The van der Waals surface area contributed by atoms with Crippen LogP contribution in [-0.2, 0) is 14.3 Å². The number of methoxy groups -OCH3 is 1. The lowest BCUT2D eigenvalue weighted by molar-refractivity contribution is -0.140. The lowest BCUT2D eigenvalue weighted by Gasteiger charge is -2.29. The number of amides is 1. The van der Waals surface area contributed by atoms with Gasteiger partial charge in [-0.2, -0.15) is 0 Å². The van der Waals surface area contributed by atoms with E-state index >= 15 is 0 Å². The van der Waals surface area contributed by atoms with E-state index in [2.05, 4.69) is 4.90 Å². The third-order valence-electron chi connectivity index (χ3n) is 6.06. The van der Waals surface area contributed by atoms with Crippen molar-refractivity contribution in [2.45, 2.75) is 12.5 Å². The number of aliphatic hydroxyl groups is 1. The van der Waals surface area contributed by atoms with Crippen LogP contribution in [0.25, 0.3) is 5.76 Å². The summed E-state index contributed by atoms with van der Waals surface area (Å²) in [6, 6.07) is 12.3. The molecule has 2 aromatic carbocycles. The Morgan fingerprint density at radius 3 is 2.52 bits per heavy atom. The maximum atomic E-state index is 14.3. The molecular formula is C25H27FN2O5. The molecule has 4 rings (SSSR count). The number of halogens is 1. The zero-order valence-corrected chi connectivity index (χ0v) is 18.5. The first-order chi connectivity index (χ1) is 16.0. The molecule has 2 aromatic rings. The third-order valence-corrected chi connectivity index (χ3v) is 6.06. The Hall–Kier alpha value is -3.23. The summed E-state index contributed by atoms with van der Waals surface area (Å²) in [5.41, 5.74) is 0.779. The van der Waals surface area contributed by atoms with Crippen molar-refractivity contribution in [3.05, 3.63) is 71.0 Å². The van der Waals surface area contributed by atoms with Gasteiger partial charge in [0.2, 0.25) is 0 Å². The van der Waals surface area contributed by atoms with Crippen molar-refractivity contribution >= 4 is 17.4 Å². The molecule has 0 saturated carbocycles. The van der Waals surface area contributed by atoms with E-state index in [1.165, 1.54) is 24.1 Å². The Morgan fingerprint density at radius 2 is 1.85 bits per heavy atom. The molecule has 0 bridgehead atoms. The molecule has 1 atom stereocenters. The first kappa shape index (κ1) is 22.9. The van der Waals surface area contributed by atoms with Crippen LogP contribution in [0.1, 0.15) is 23.6 Å². The molecular weight excluding hydrogens is 427 g/mol. The number of hydrogen-bond donors (Lipinski definition) is 1. The molecule has 0 spiro atoms. The molecule has 0 aromatic heterocycles. The van der Waals surface area contributed by atoms with Gasteiger partial charge in [0, 0.05) is 31.7 Å². The maximum absolute atomic E-state index is 14.3. The summed E-state index contributed by atoms with van der Waals surface area (Å²) in [5.74, 6) is -2.49. The number of nitrogens with zero attached hydrogens (tertiary/aromatic N) is 2. The maximum Gasteiger partial charge on any atom is 0.295 e. The normalized spacial score (nSPS) is 20.9. The molecule has 2 saturated heterocycles. The van der Waals surface area contributed by atoms with Crippen LogP contribution in [0.3, 0.4) is 0 Å². The van der Waals surface area contributed by atoms with Crippen molar-refractivity contribution < 1.29 is 28.6 Å². The molecule has 2 fully saturated rings. The zero-order valence-electron chi connectivity index (χ0n) is 18.5. The second-order valence-electron chi connectivity index (χ2n) is 8.06. The third kappa shape index (κ3) is 4.77. The number of rotatable bonds is 7.